The van der Waals surface area contributed by atoms with Gasteiger partial charge in [-0.3, -0.25) is 4.98 Å². The molecule has 0 amide bonds. The summed E-state index contributed by atoms with van der Waals surface area (Å²) in [5.74, 6) is -0.00307. The summed E-state index contributed by atoms with van der Waals surface area (Å²) >= 11 is 0. The molecule has 3 heteroatoms. The van der Waals surface area contributed by atoms with E-state index in [1.54, 1.807) is 24.4 Å². The minimum atomic E-state index is -1.09. The number of aromatic nitrogens is 1. The lowest BCUT2D eigenvalue weighted by Crippen LogP contribution is -1.93. The second kappa shape index (κ2) is 7.87. The minimum absolute atomic E-state index is 0.257. The highest BCUT2D eigenvalue weighted by atomic mass is 19.1. The second-order valence-corrected chi connectivity index (χ2v) is 5.02. The van der Waals surface area contributed by atoms with Crippen LogP contribution in [0.4, 0.5) is 8.78 Å². The van der Waals surface area contributed by atoms with Crippen molar-refractivity contribution in [3.05, 3.63) is 53.6 Å². The van der Waals surface area contributed by atoms with Gasteiger partial charge in [-0.05, 0) is 42.2 Å². The van der Waals surface area contributed by atoms with Crippen LogP contribution in [0.2, 0.25) is 0 Å². The zero-order valence-electron chi connectivity index (χ0n) is 13.3. The third kappa shape index (κ3) is 4.62. The van der Waals surface area contributed by atoms with Gasteiger partial charge in [0.2, 0.25) is 0 Å². The molecular weight excluding hydrogens is 268 g/mol. The molecule has 0 aliphatic heterocycles. The van der Waals surface area contributed by atoms with Gasteiger partial charge >= 0.3 is 0 Å². The van der Waals surface area contributed by atoms with Crippen LogP contribution in [0.5, 0.6) is 0 Å². The van der Waals surface area contributed by atoms with Crippen LogP contribution in [-0.2, 0) is 0 Å². The van der Waals surface area contributed by atoms with E-state index in [0.29, 0.717) is 5.69 Å². The van der Waals surface area contributed by atoms with Crippen LogP contribution in [0, 0.1) is 5.82 Å². The fourth-order valence-corrected chi connectivity index (χ4v) is 1.92. The first kappa shape index (κ1) is 17.3. The molecule has 0 spiro atoms. The van der Waals surface area contributed by atoms with Crippen LogP contribution >= 0.6 is 0 Å². The Morgan fingerprint density at radius 3 is 2.10 bits per heavy atom. The van der Waals surface area contributed by atoms with Gasteiger partial charge in [-0.25, -0.2) is 8.78 Å². The Balaban J connectivity index is 0.00000106. The summed E-state index contributed by atoms with van der Waals surface area (Å²) < 4.78 is 26.7. The Morgan fingerprint density at radius 2 is 1.62 bits per heavy atom. The average Bonchev–Trinajstić information content (AvgIpc) is 2.48. The molecule has 114 valence electrons. The summed E-state index contributed by atoms with van der Waals surface area (Å²) in [7, 11) is 0. The van der Waals surface area contributed by atoms with E-state index in [0.717, 1.165) is 16.7 Å². The van der Waals surface area contributed by atoms with Crippen LogP contribution < -0.4 is 0 Å². The number of hydrogen-bond acceptors (Lipinski definition) is 1. The van der Waals surface area contributed by atoms with Crippen LogP contribution in [0.25, 0.3) is 11.1 Å². The lowest BCUT2D eigenvalue weighted by atomic mass is 9.97. The zero-order chi connectivity index (χ0) is 16.0. The molecule has 0 aliphatic carbocycles. The highest BCUT2D eigenvalue weighted by Gasteiger charge is 2.08. The van der Waals surface area contributed by atoms with E-state index in [1.807, 2.05) is 33.8 Å². The van der Waals surface area contributed by atoms with Crippen molar-refractivity contribution in [3.63, 3.8) is 0 Å². The summed E-state index contributed by atoms with van der Waals surface area (Å²) in [4.78, 5) is 4.06. The Labute approximate surface area is 126 Å². The maximum absolute atomic E-state index is 13.6. The lowest BCUT2D eigenvalue weighted by molar-refractivity contribution is 0.366. The van der Waals surface area contributed by atoms with E-state index in [-0.39, 0.29) is 11.7 Å². The van der Waals surface area contributed by atoms with E-state index in [1.165, 1.54) is 13.0 Å². The minimum Gasteiger partial charge on any atom is -0.258 e. The molecule has 1 aromatic heterocycles. The zero-order valence-corrected chi connectivity index (χ0v) is 13.3. The molecule has 0 saturated carbocycles. The van der Waals surface area contributed by atoms with Gasteiger partial charge in [0.1, 0.15) is 12.0 Å². The molecule has 21 heavy (non-hydrogen) atoms. The molecule has 1 aromatic carbocycles. The highest BCUT2D eigenvalue weighted by molar-refractivity contribution is 5.63. The molecule has 2 rings (SSSR count). The predicted octanol–water partition coefficient (Wildman–Crippen LogP) is 6.07. The van der Waals surface area contributed by atoms with Gasteiger partial charge in [-0.15, -0.1) is 0 Å². The molecule has 1 atom stereocenters. The molecule has 2 aromatic rings. The van der Waals surface area contributed by atoms with Crippen molar-refractivity contribution in [2.24, 2.45) is 0 Å². The monoisotopic (exact) mass is 291 g/mol. The van der Waals surface area contributed by atoms with Crippen molar-refractivity contribution >= 4 is 0 Å². The first-order chi connectivity index (χ1) is 9.97. The van der Waals surface area contributed by atoms with Gasteiger partial charge in [-0.2, -0.15) is 0 Å². The van der Waals surface area contributed by atoms with Crippen LogP contribution in [0.15, 0.2) is 36.5 Å². The van der Waals surface area contributed by atoms with Gasteiger partial charge < -0.3 is 0 Å². The van der Waals surface area contributed by atoms with Crippen LogP contribution in [0.1, 0.15) is 58.0 Å². The van der Waals surface area contributed by atoms with Crippen molar-refractivity contribution in [1.82, 2.24) is 4.98 Å². The van der Waals surface area contributed by atoms with Crippen molar-refractivity contribution in [1.29, 1.82) is 0 Å². The van der Waals surface area contributed by atoms with Crippen LogP contribution in [-0.4, -0.2) is 4.98 Å². The molecule has 0 bridgehead atoms. The quantitative estimate of drug-likeness (QED) is 0.669. The summed E-state index contributed by atoms with van der Waals surface area (Å²) in [5, 5.41) is 0. The summed E-state index contributed by atoms with van der Waals surface area (Å²) in [6, 6.07) is 8.38. The molecule has 0 N–H and O–H groups in total. The molecule has 1 unspecified atom stereocenters. The Hall–Kier alpha value is -1.77. The fourth-order valence-electron chi connectivity index (χ4n) is 1.92. The van der Waals surface area contributed by atoms with Gasteiger partial charge in [0, 0.05) is 11.8 Å². The smallest absolute Gasteiger partial charge is 0.139 e. The van der Waals surface area contributed by atoms with Crippen molar-refractivity contribution in [2.45, 2.75) is 46.7 Å². The summed E-state index contributed by atoms with van der Waals surface area (Å²) in [6.07, 6.45) is 0.498. The molecule has 0 fully saturated rings. The van der Waals surface area contributed by atoms with Gasteiger partial charge in [0.15, 0.2) is 0 Å². The molecule has 0 aliphatic rings. The maximum atomic E-state index is 13.6. The molecule has 1 heterocycles. The molecular formula is C18H23F2N. The van der Waals surface area contributed by atoms with E-state index in [2.05, 4.69) is 4.98 Å². The van der Waals surface area contributed by atoms with E-state index in [9.17, 15) is 8.78 Å². The second-order valence-electron chi connectivity index (χ2n) is 5.02. The SMILES string of the molecule is CC.CC(C)c1cc(F)cc(-c2ccc(C(C)F)nc2)c1. The summed E-state index contributed by atoms with van der Waals surface area (Å²) in [5.41, 5.74) is 2.90. The van der Waals surface area contributed by atoms with Crippen molar-refractivity contribution in [2.75, 3.05) is 0 Å². The first-order valence-corrected chi connectivity index (χ1v) is 7.38. The maximum Gasteiger partial charge on any atom is 0.139 e. The predicted molar refractivity (Wildman–Crippen MR) is 84.6 cm³/mol. The number of hydrogen-bond donors (Lipinski definition) is 0. The Kier molecular flexibility index (Phi) is 6.47. The third-order valence-corrected chi connectivity index (χ3v) is 3.11. The number of benzene rings is 1. The number of pyridine rings is 1. The first-order valence-electron chi connectivity index (χ1n) is 7.38. The highest BCUT2D eigenvalue weighted by Crippen LogP contribution is 2.26. The van der Waals surface area contributed by atoms with Gasteiger partial charge in [0.25, 0.3) is 0 Å². The van der Waals surface area contributed by atoms with Crippen molar-refractivity contribution < 1.29 is 8.78 Å². The van der Waals surface area contributed by atoms with Gasteiger partial charge in [-0.1, -0.05) is 39.8 Å². The van der Waals surface area contributed by atoms with Gasteiger partial charge in [0.05, 0.1) is 5.69 Å². The molecule has 1 nitrogen and oxygen atoms in total. The molecule has 0 radical (unpaired) electrons. The fraction of sp³-hybridized carbons (Fsp3) is 0.389. The average molecular weight is 291 g/mol. The van der Waals surface area contributed by atoms with E-state index >= 15 is 0 Å². The molecule has 0 saturated heterocycles. The number of alkyl halides is 1. The van der Waals surface area contributed by atoms with E-state index in [4.69, 9.17) is 0 Å². The Morgan fingerprint density at radius 1 is 0.952 bits per heavy atom. The van der Waals surface area contributed by atoms with E-state index < -0.39 is 6.17 Å². The Bertz CT molecular complexity index is 560. The number of rotatable bonds is 3. The topological polar surface area (TPSA) is 12.9 Å². The van der Waals surface area contributed by atoms with Crippen LogP contribution in [0.3, 0.4) is 0 Å². The lowest BCUT2D eigenvalue weighted by Gasteiger charge is -2.09. The number of nitrogens with zero attached hydrogens (tertiary/aromatic N) is 1. The summed E-state index contributed by atoms with van der Waals surface area (Å²) in [6.45, 7) is 9.48. The third-order valence-electron chi connectivity index (χ3n) is 3.11. The van der Waals surface area contributed by atoms with Crippen molar-refractivity contribution in [3.8, 4) is 11.1 Å². The number of halogens is 2. The largest absolute Gasteiger partial charge is 0.258 e. The standard InChI is InChI=1S/C16H17F2N.C2H6/c1-10(2)13-6-14(8-15(18)7-13)12-4-5-16(11(3)17)19-9-12;1-2/h4-11H,1-3H3;1-2H3. The normalized spacial score (nSPS) is 11.8.